The van der Waals surface area contributed by atoms with Gasteiger partial charge in [0.05, 0.1) is 7.11 Å². The molecule has 1 fully saturated rings. The molecule has 1 saturated carbocycles. The Bertz CT molecular complexity index is 438. The van der Waals surface area contributed by atoms with E-state index in [2.05, 4.69) is 24.9 Å². The van der Waals surface area contributed by atoms with E-state index >= 15 is 0 Å². The summed E-state index contributed by atoms with van der Waals surface area (Å²) >= 11 is 0. The maximum atomic E-state index is 5.87. The quantitative estimate of drug-likeness (QED) is 0.728. The summed E-state index contributed by atoms with van der Waals surface area (Å²) in [6, 6.07) is 6.69. The Morgan fingerprint density at radius 3 is 2.84 bits per heavy atom. The fraction of sp³-hybridized carbons (Fsp3) is 0.500. The van der Waals surface area contributed by atoms with Crippen LogP contribution in [0.1, 0.15) is 31.7 Å². The molecule has 0 radical (unpaired) electrons. The first kappa shape index (κ1) is 13.9. The van der Waals surface area contributed by atoms with Gasteiger partial charge in [0.1, 0.15) is 18.1 Å². The van der Waals surface area contributed by atoms with Gasteiger partial charge in [0, 0.05) is 24.2 Å². The summed E-state index contributed by atoms with van der Waals surface area (Å²) in [5.41, 5.74) is 2.28. The minimum Gasteiger partial charge on any atom is -0.497 e. The summed E-state index contributed by atoms with van der Waals surface area (Å²) in [5, 5.41) is 3.51. The molecule has 0 unspecified atom stereocenters. The van der Waals surface area contributed by atoms with E-state index in [-0.39, 0.29) is 0 Å². The van der Waals surface area contributed by atoms with Gasteiger partial charge in [-0.1, -0.05) is 19.6 Å². The average molecular weight is 261 g/mol. The van der Waals surface area contributed by atoms with Crippen molar-refractivity contribution in [3.63, 3.8) is 0 Å². The molecule has 19 heavy (non-hydrogen) atoms. The molecule has 0 spiro atoms. The fourth-order valence-corrected chi connectivity index (χ4v) is 1.77. The van der Waals surface area contributed by atoms with Crippen LogP contribution in [-0.2, 0) is 6.54 Å². The highest BCUT2D eigenvalue weighted by molar-refractivity contribution is 5.41. The van der Waals surface area contributed by atoms with Crippen LogP contribution in [0.5, 0.6) is 11.5 Å². The van der Waals surface area contributed by atoms with Gasteiger partial charge in [-0.15, -0.1) is 0 Å². The zero-order valence-corrected chi connectivity index (χ0v) is 11.9. The predicted molar refractivity (Wildman–Crippen MR) is 77.8 cm³/mol. The molecule has 0 amide bonds. The summed E-state index contributed by atoms with van der Waals surface area (Å²) in [6.45, 7) is 7.48. The van der Waals surface area contributed by atoms with Crippen molar-refractivity contribution >= 4 is 0 Å². The number of benzene rings is 1. The van der Waals surface area contributed by atoms with E-state index in [1.807, 2.05) is 12.1 Å². The molecule has 0 aromatic heterocycles. The fourth-order valence-electron chi connectivity index (χ4n) is 1.77. The van der Waals surface area contributed by atoms with Crippen molar-refractivity contribution in [2.45, 2.75) is 38.8 Å². The van der Waals surface area contributed by atoms with E-state index in [9.17, 15) is 0 Å². The van der Waals surface area contributed by atoms with Gasteiger partial charge in [0.2, 0.25) is 0 Å². The van der Waals surface area contributed by atoms with Crippen molar-refractivity contribution in [2.75, 3.05) is 13.7 Å². The predicted octanol–water partition coefficient (Wildman–Crippen LogP) is 3.29. The molecule has 0 heterocycles. The maximum absolute atomic E-state index is 5.87. The molecular weight excluding hydrogens is 238 g/mol. The Morgan fingerprint density at radius 2 is 2.21 bits per heavy atom. The molecule has 3 nitrogen and oxygen atoms in total. The summed E-state index contributed by atoms with van der Waals surface area (Å²) < 4.78 is 11.1. The zero-order chi connectivity index (χ0) is 13.7. The SMILES string of the molecule is C=C(CC)COc1cc(OC)ccc1CNC1CC1. The Morgan fingerprint density at radius 1 is 1.42 bits per heavy atom. The van der Waals surface area contributed by atoms with E-state index in [0.29, 0.717) is 12.6 Å². The van der Waals surface area contributed by atoms with E-state index in [1.165, 1.54) is 18.4 Å². The molecule has 1 aromatic rings. The lowest BCUT2D eigenvalue weighted by Crippen LogP contribution is -2.16. The van der Waals surface area contributed by atoms with Crippen molar-refractivity contribution in [3.8, 4) is 11.5 Å². The number of methoxy groups -OCH3 is 1. The van der Waals surface area contributed by atoms with Gasteiger partial charge >= 0.3 is 0 Å². The van der Waals surface area contributed by atoms with Crippen LogP contribution in [0, 0.1) is 0 Å². The topological polar surface area (TPSA) is 30.5 Å². The largest absolute Gasteiger partial charge is 0.497 e. The lowest BCUT2D eigenvalue weighted by atomic mass is 10.2. The third-order valence-electron chi connectivity index (χ3n) is 3.36. The normalized spacial score (nSPS) is 14.2. The van der Waals surface area contributed by atoms with Crippen LogP contribution in [0.3, 0.4) is 0 Å². The third-order valence-corrected chi connectivity index (χ3v) is 3.36. The number of rotatable bonds is 8. The summed E-state index contributed by atoms with van der Waals surface area (Å²) in [7, 11) is 1.67. The number of hydrogen-bond donors (Lipinski definition) is 1. The second-order valence-corrected chi connectivity index (χ2v) is 5.02. The first-order valence-corrected chi connectivity index (χ1v) is 6.92. The van der Waals surface area contributed by atoms with Crippen LogP contribution in [0.2, 0.25) is 0 Å². The highest BCUT2D eigenvalue weighted by Gasteiger charge is 2.20. The second-order valence-electron chi connectivity index (χ2n) is 5.02. The Balaban J connectivity index is 2.03. The average Bonchev–Trinajstić information content (AvgIpc) is 3.26. The molecule has 0 atom stereocenters. The molecule has 1 aliphatic rings. The second kappa shape index (κ2) is 6.62. The molecule has 0 aliphatic heterocycles. The maximum Gasteiger partial charge on any atom is 0.127 e. The van der Waals surface area contributed by atoms with Crippen LogP contribution >= 0.6 is 0 Å². The third kappa shape index (κ3) is 4.28. The highest BCUT2D eigenvalue weighted by Crippen LogP contribution is 2.27. The smallest absolute Gasteiger partial charge is 0.127 e. The van der Waals surface area contributed by atoms with Gasteiger partial charge in [-0.2, -0.15) is 0 Å². The lowest BCUT2D eigenvalue weighted by Gasteiger charge is -2.14. The molecule has 1 aromatic carbocycles. The van der Waals surface area contributed by atoms with Gasteiger partial charge in [-0.3, -0.25) is 0 Å². The van der Waals surface area contributed by atoms with Crippen LogP contribution in [0.15, 0.2) is 30.4 Å². The number of hydrogen-bond acceptors (Lipinski definition) is 3. The van der Waals surface area contributed by atoms with E-state index in [0.717, 1.165) is 30.0 Å². The van der Waals surface area contributed by atoms with Crippen molar-refractivity contribution in [1.29, 1.82) is 0 Å². The first-order chi connectivity index (χ1) is 9.22. The van der Waals surface area contributed by atoms with Gasteiger partial charge in [-0.25, -0.2) is 0 Å². The molecule has 1 aliphatic carbocycles. The molecule has 1 N–H and O–H groups in total. The Labute approximate surface area is 115 Å². The van der Waals surface area contributed by atoms with Gasteiger partial charge < -0.3 is 14.8 Å². The Kier molecular flexibility index (Phi) is 4.86. The van der Waals surface area contributed by atoms with Gasteiger partial charge in [0.25, 0.3) is 0 Å². The number of nitrogens with one attached hydrogen (secondary N) is 1. The molecule has 0 saturated heterocycles. The highest BCUT2D eigenvalue weighted by atomic mass is 16.5. The summed E-state index contributed by atoms with van der Waals surface area (Å²) in [5.74, 6) is 1.72. The Hall–Kier alpha value is -1.48. The van der Waals surface area contributed by atoms with Crippen LogP contribution in [-0.4, -0.2) is 19.8 Å². The van der Waals surface area contributed by atoms with E-state index < -0.39 is 0 Å². The minimum absolute atomic E-state index is 0.570. The molecule has 104 valence electrons. The van der Waals surface area contributed by atoms with E-state index in [4.69, 9.17) is 9.47 Å². The lowest BCUT2D eigenvalue weighted by molar-refractivity contribution is 0.339. The standard InChI is InChI=1S/C16H23NO2/c1-4-12(2)11-19-16-9-15(18-3)8-5-13(16)10-17-14-6-7-14/h5,8-9,14,17H,2,4,6-7,10-11H2,1,3H3. The van der Waals surface area contributed by atoms with Crippen LogP contribution in [0.4, 0.5) is 0 Å². The van der Waals surface area contributed by atoms with Crippen molar-refractivity contribution < 1.29 is 9.47 Å². The first-order valence-electron chi connectivity index (χ1n) is 6.92. The minimum atomic E-state index is 0.570. The summed E-state index contributed by atoms with van der Waals surface area (Å²) in [4.78, 5) is 0. The van der Waals surface area contributed by atoms with Crippen LogP contribution < -0.4 is 14.8 Å². The van der Waals surface area contributed by atoms with E-state index in [1.54, 1.807) is 7.11 Å². The molecule has 2 rings (SSSR count). The number of ether oxygens (including phenoxy) is 2. The zero-order valence-electron chi connectivity index (χ0n) is 11.9. The monoisotopic (exact) mass is 261 g/mol. The van der Waals surface area contributed by atoms with Crippen molar-refractivity contribution in [3.05, 3.63) is 35.9 Å². The molecule has 3 heteroatoms. The van der Waals surface area contributed by atoms with Gasteiger partial charge in [-0.05, 0) is 30.9 Å². The van der Waals surface area contributed by atoms with Crippen molar-refractivity contribution in [2.24, 2.45) is 0 Å². The summed E-state index contributed by atoms with van der Waals surface area (Å²) in [6.07, 6.45) is 3.53. The molecule has 0 bridgehead atoms. The van der Waals surface area contributed by atoms with Crippen LogP contribution in [0.25, 0.3) is 0 Å². The van der Waals surface area contributed by atoms with Gasteiger partial charge in [0.15, 0.2) is 0 Å². The van der Waals surface area contributed by atoms with Crippen molar-refractivity contribution in [1.82, 2.24) is 5.32 Å². The molecular formula is C16H23NO2.